The molecule has 0 aromatic heterocycles. The predicted octanol–water partition coefficient (Wildman–Crippen LogP) is 2.41. The van der Waals surface area contributed by atoms with Crippen molar-refractivity contribution in [1.82, 2.24) is 0 Å². The lowest BCUT2D eigenvalue weighted by Crippen LogP contribution is -2.35. The number of nitrogens with one attached hydrogen (secondary N) is 2. The average molecular weight is 383 g/mol. The molecule has 0 spiro atoms. The summed E-state index contributed by atoms with van der Waals surface area (Å²) in [5, 5.41) is 5.74. The van der Waals surface area contributed by atoms with Gasteiger partial charge in [-0.2, -0.15) is 0 Å². The van der Waals surface area contributed by atoms with Crippen molar-refractivity contribution in [1.29, 1.82) is 0 Å². The van der Waals surface area contributed by atoms with Gasteiger partial charge >= 0.3 is 0 Å². The van der Waals surface area contributed by atoms with E-state index in [1.54, 1.807) is 42.5 Å². The van der Waals surface area contributed by atoms with Crippen LogP contribution in [0.2, 0.25) is 0 Å². The Kier molecular flexibility index (Phi) is 5.49. The van der Waals surface area contributed by atoms with E-state index in [1.165, 1.54) is 21.1 Å². The largest absolute Gasteiger partial charge is 0.495 e. The number of amides is 3. The van der Waals surface area contributed by atoms with Crippen molar-refractivity contribution >= 4 is 34.8 Å². The van der Waals surface area contributed by atoms with Crippen molar-refractivity contribution in [2.75, 3.05) is 29.8 Å². The molecule has 1 heterocycles. The zero-order valence-corrected chi connectivity index (χ0v) is 15.8. The van der Waals surface area contributed by atoms with E-state index in [0.717, 1.165) is 4.90 Å². The maximum atomic E-state index is 12.9. The molecule has 1 aliphatic heterocycles. The Labute approximate surface area is 162 Å². The molecular weight excluding hydrogens is 362 g/mol. The molecular formula is C20H21N3O5. The highest BCUT2D eigenvalue weighted by Gasteiger charge is 2.41. The number of methoxy groups -OCH3 is 2. The highest BCUT2D eigenvalue weighted by molar-refractivity contribution is 6.23. The van der Waals surface area contributed by atoms with Crippen LogP contribution in [0, 0.1) is 0 Å². The van der Waals surface area contributed by atoms with Crippen molar-refractivity contribution in [2.45, 2.75) is 19.4 Å². The second-order valence-corrected chi connectivity index (χ2v) is 6.24. The number of carbonyl (C=O) groups excluding carboxylic acids is 3. The molecule has 0 radical (unpaired) electrons. The highest BCUT2D eigenvalue weighted by Crippen LogP contribution is 2.34. The Bertz CT molecular complexity index is 928. The number of carbonyl (C=O) groups is 3. The molecule has 146 valence electrons. The van der Waals surface area contributed by atoms with Crippen LogP contribution in [0.4, 0.5) is 17.1 Å². The topological polar surface area (TPSA) is 97.0 Å². The molecule has 8 nitrogen and oxygen atoms in total. The molecule has 1 saturated heterocycles. The molecule has 0 bridgehead atoms. The third-order valence-corrected chi connectivity index (χ3v) is 4.32. The number of imide groups is 1. The molecule has 0 saturated carbocycles. The van der Waals surface area contributed by atoms with Gasteiger partial charge in [-0.3, -0.25) is 14.4 Å². The van der Waals surface area contributed by atoms with Gasteiger partial charge in [-0.05, 0) is 30.3 Å². The first-order valence-electron chi connectivity index (χ1n) is 8.66. The molecule has 3 rings (SSSR count). The lowest BCUT2D eigenvalue weighted by atomic mass is 10.2. The number of anilines is 3. The van der Waals surface area contributed by atoms with Crippen LogP contribution < -0.4 is 25.0 Å². The molecule has 2 aromatic carbocycles. The van der Waals surface area contributed by atoms with Crippen LogP contribution in [0.25, 0.3) is 0 Å². The number of ether oxygens (including phenoxy) is 2. The number of hydrogen-bond donors (Lipinski definition) is 2. The summed E-state index contributed by atoms with van der Waals surface area (Å²) in [5.41, 5.74) is 1.46. The number of para-hydroxylation sites is 2. The number of rotatable bonds is 6. The molecule has 3 amide bonds. The molecule has 1 atom stereocenters. The minimum Gasteiger partial charge on any atom is -0.495 e. The predicted molar refractivity (Wildman–Crippen MR) is 105 cm³/mol. The number of nitrogens with zero attached hydrogens (tertiary/aromatic N) is 1. The Morgan fingerprint density at radius 1 is 1.07 bits per heavy atom. The smallest absolute Gasteiger partial charge is 0.256 e. The van der Waals surface area contributed by atoms with Gasteiger partial charge in [0.1, 0.15) is 17.5 Å². The highest BCUT2D eigenvalue weighted by atomic mass is 16.5. The van der Waals surface area contributed by atoms with Gasteiger partial charge in [-0.1, -0.05) is 12.1 Å². The van der Waals surface area contributed by atoms with Crippen LogP contribution in [-0.4, -0.2) is 38.0 Å². The molecule has 0 unspecified atom stereocenters. The Morgan fingerprint density at radius 2 is 1.79 bits per heavy atom. The summed E-state index contributed by atoms with van der Waals surface area (Å²) < 4.78 is 10.6. The number of hydrogen-bond acceptors (Lipinski definition) is 6. The van der Waals surface area contributed by atoms with Crippen molar-refractivity contribution < 1.29 is 23.9 Å². The van der Waals surface area contributed by atoms with Crippen molar-refractivity contribution in [3.05, 3.63) is 42.5 Å². The van der Waals surface area contributed by atoms with Crippen LogP contribution in [0.1, 0.15) is 13.3 Å². The molecule has 28 heavy (non-hydrogen) atoms. The Balaban J connectivity index is 1.87. The summed E-state index contributed by atoms with van der Waals surface area (Å²) in [5.74, 6) is -0.00349. The Hall–Kier alpha value is -3.55. The quantitative estimate of drug-likeness (QED) is 0.744. The second-order valence-electron chi connectivity index (χ2n) is 6.24. The van der Waals surface area contributed by atoms with Crippen molar-refractivity contribution in [3.8, 4) is 11.5 Å². The van der Waals surface area contributed by atoms with E-state index in [0.29, 0.717) is 28.6 Å². The summed E-state index contributed by atoms with van der Waals surface area (Å²) in [6.07, 6.45) is -0.00952. The average Bonchev–Trinajstić information content (AvgIpc) is 2.94. The standard InChI is InChI=1S/C20H21N3O5/c1-12(24)21-13-8-9-17(27-2)14(10-13)22-15-11-19(25)23(20(15)26)16-6-4-5-7-18(16)28-3/h4-10,15,22H,11H2,1-3H3,(H,21,24)/t15-/m1/s1. The van der Waals surface area contributed by atoms with E-state index in [9.17, 15) is 14.4 Å². The van der Waals surface area contributed by atoms with E-state index in [4.69, 9.17) is 9.47 Å². The zero-order valence-electron chi connectivity index (χ0n) is 15.8. The minimum atomic E-state index is -0.765. The second kappa shape index (κ2) is 7.99. The lowest BCUT2D eigenvalue weighted by Gasteiger charge is -2.19. The van der Waals surface area contributed by atoms with E-state index >= 15 is 0 Å². The SMILES string of the molecule is COc1ccc(NC(C)=O)cc1N[C@@H]1CC(=O)N(c2ccccc2OC)C1=O. The summed E-state index contributed by atoms with van der Waals surface area (Å²) >= 11 is 0. The summed E-state index contributed by atoms with van der Waals surface area (Å²) in [4.78, 5) is 37.9. The summed E-state index contributed by atoms with van der Waals surface area (Å²) in [7, 11) is 2.99. The van der Waals surface area contributed by atoms with Gasteiger partial charge in [0, 0.05) is 12.6 Å². The fourth-order valence-electron chi connectivity index (χ4n) is 3.10. The normalized spacial score (nSPS) is 16.1. The third kappa shape index (κ3) is 3.75. The molecule has 0 aliphatic carbocycles. The van der Waals surface area contributed by atoms with Crippen LogP contribution in [-0.2, 0) is 14.4 Å². The minimum absolute atomic E-state index is 0.00952. The Morgan fingerprint density at radius 3 is 2.46 bits per heavy atom. The van der Waals surface area contributed by atoms with Gasteiger partial charge in [0.25, 0.3) is 5.91 Å². The van der Waals surface area contributed by atoms with E-state index < -0.39 is 6.04 Å². The van der Waals surface area contributed by atoms with Crippen LogP contribution >= 0.6 is 0 Å². The van der Waals surface area contributed by atoms with Gasteiger partial charge in [0.2, 0.25) is 11.8 Å². The number of benzene rings is 2. The maximum absolute atomic E-state index is 12.9. The fraction of sp³-hybridized carbons (Fsp3) is 0.250. The fourth-order valence-corrected chi connectivity index (χ4v) is 3.10. The van der Waals surface area contributed by atoms with Crippen LogP contribution in [0.15, 0.2) is 42.5 Å². The molecule has 2 aromatic rings. The maximum Gasteiger partial charge on any atom is 0.256 e. The van der Waals surface area contributed by atoms with Gasteiger partial charge in [-0.15, -0.1) is 0 Å². The van der Waals surface area contributed by atoms with E-state index in [-0.39, 0.29) is 24.1 Å². The van der Waals surface area contributed by atoms with Crippen molar-refractivity contribution in [2.24, 2.45) is 0 Å². The summed E-state index contributed by atoms with van der Waals surface area (Å²) in [6.45, 7) is 1.40. The van der Waals surface area contributed by atoms with Crippen LogP contribution in [0.5, 0.6) is 11.5 Å². The monoisotopic (exact) mass is 383 g/mol. The first-order valence-corrected chi connectivity index (χ1v) is 8.66. The van der Waals surface area contributed by atoms with Gasteiger partial charge in [0.05, 0.1) is 32.0 Å². The van der Waals surface area contributed by atoms with Crippen LogP contribution in [0.3, 0.4) is 0 Å². The summed E-state index contributed by atoms with van der Waals surface area (Å²) in [6, 6.07) is 11.1. The van der Waals surface area contributed by atoms with Gasteiger partial charge in [0.15, 0.2) is 0 Å². The third-order valence-electron chi connectivity index (χ3n) is 4.32. The first-order chi connectivity index (χ1) is 13.4. The molecule has 8 heteroatoms. The lowest BCUT2D eigenvalue weighted by molar-refractivity contribution is -0.121. The molecule has 1 aliphatic rings. The van der Waals surface area contributed by atoms with E-state index in [2.05, 4.69) is 10.6 Å². The first kappa shape index (κ1) is 19.2. The zero-order chi connectivity index (χ0) is 20.3. The van der Waals surface area contributed by atoms with Crippen molar-refractivity contribution in [3.63, 3.8) is 0 Å². The van der Waals surface area contributed by atoms with E-state index in [1.807, 2.05) is 0 Å². The van der Waals surface area contributed by atoms with Gasteiger partial charge < -0.3 is 20.1 Å². The van der Waals surface area contributed by atoms with Gasteiger partial charge in [-0.25, -0.2) is 4.90 Å². The molecule has 2 N–H and O–H groups in total. The molecule has 1 fully saturated rings.